The summed E-state index contributed by atoms with van der Waals surface area (Å²) >= 11 is 5.81. The third-order valence-corrected chi connectivity index (χ3v) is 3.38. The molecule has 0 aromatic heterocycles. The summed E-state index contributed by atoms with van der Waals surface area (Å²) in [5.41, 5.74) is 3.28. The molecule has 0 aliphatic heterocycles. The highest BCUT2D eigenvalue weighted by molar-refractivity contribution is 6.30. The number of halogens is 1. The number of hydrogen-bond donors (Lipinski definition) is 1. The van der Waals surface area contributed by atoms with Crippen LogP contribution >= 0.6 is 11.6 Å². The predicted octanol–water partition coefficient (Wildman–Crippen LogP) is 3.82. The molecule has 2 rings (SSSR count). The third kappa shape index (κ3) is 6.31. The quantitative estimate of drug-likeness (QED) is 0.443. The van der Waals surface area contributed by atoms with Gasteiger partial charge in [0.2, 0.25) is 0 Å². The number of nitrogens with one attached hydrogen (secondary N) is 1. The molecule has 0 saturated heterocycles. The molecule has 0 heterocycles. The lowest BCUT2D eigenvalue weighted by atomic mass is 10.2. The average Bonchev–Trinajstić information content (AvgIpc) is 2.62. The Hall–Kier alpha value is -2.79. The minimum Gasteiger partial charge on any atom is -0.490 e. The van der Waals surface area contributed by atoms with Crippen molar-refractivity contribution in [3.05, 3.63) is 71.8 Å². The summed E-state index contributed by atoms with van der Waals surface area (Å²) in [7, 11) is 0. The SMILES string of the molecule is C=CCOc1ccc(/C=N/NC(=O)C(C)Oc2ccc(Cl)cc2)cc1. The van der Waals surface area contributed by atoms with E-state index in [9.17, 15) is 4.79 Å². The summed E-state index contributed by atoms with van der Waals surface area (Å²) in [5.74, 6) is 0.953. The van der Waals surface area contributed by atoms with Gasteiger partial charge in [0.25, 0.3) is 5.91 Å². The maximum absolute atomic E-state index is 12.0. The Kier molecular flexibility index (Phi) is 7.04. The van der Waals surface area contributed by atoms with Gasteiger partial charge in [-0.25, -0.2) is 5.43 Å². The lowest BCUT2D eigenvalue weighted by Gasteiger charge is -2.12. The molecule has 2 aromatic carbocycles. The Labute approximate surface area is 151 Å². The summed E-state index contributed by atoms with van der Waals surface area (Å²) in [6, 6.07) is 14.1. The maximum Gasteiger partial charge on any atom is 0.280 e. The molecule has 1 atom stereocenters. The average molecular weight is 359 g/mol. The van der Waals surface area contributed by atoms with Gasteiger partial charge in [0.15, 0.2) is 6.10 Å². The summed E-state index contributed by atoms with van der Waals surface area (Å²) in [6.07, 6.45) is 2.54. The highest BCUT2D eigenvalue weighted by atomic mass is 35.5. The number of carbonyl (C=O) groups is 1. The highest BCUT2D eigenvalue weighted by Crippen LogP contribution is 2.16. The van der Waals surface area contributed by atoms with E-state index >= 15 is 0 Å². The second kappa shape index (κ2) is 9.49. The molecular formula is C19H19ClN2O3. The number of ether oxygens (including phenoxy) is 2. The predicted molar refractivity (Wildman–Crippen MR) is 99.4 cm³/mol. The van der Waals surface area contributed by atoms with Crippen LogP contribution in [0.25, 0.3) is 0 Å². The van der Waals surface area contributed by atoms with E-state index in [-0.39, 0.29) is 5.91 Å². The van der Waals surface area contributed by atoms with Gasteiger partial charge in [0, 0.05) is 5.02 Å². The van der Waals surface area contributed by atoms with Crippen molar-refractivity contribution in [1.82, 2.24) is 5.43 Å². The number of benzene rings is 2. The Morgan fingerprint density at radius 3 is 2.48 bits per heavy atom. The number of rotatable bonds is 8. The van der Waals surface area contributed by atoms with Crippen molar-refractivity contribution in [1.29, 1.82) is 0 Å². The van der Waals surface area contributed by atoms with Gasteiger partial charge in [-0.05, 0) is 61.0 Å². The molecular weight excluding hydrogens is 340 g/mol. The molecule has 0 spiro atoms. The summed E-state index contributed by atoms with van der Waals surface area (Å²) in [6.45, 7) is 5.69. The van der Waals surface area contributed by atoms with Crippen molar-refractivity contribution in [3.63, 3.8) is 0 Å². The van der Waals surface area contributed by atoms with Gasteiger partial charge in [-0.15, -0.1) is 0 Å². The lowest BCUT2D eigenvalue weighted by Crippen LogP contribution is -2.33. The van der Waals surface area contributed by atoms with Crippen molar-refractivity contribution >= 4 is 23.7 Å². The van der Waals surface area contributed by atoms with E-state index in [2.05, 4.69) is 17.1 Å². The summed E-state index contributed by atoms with van der Waals surface area (Å²) in [4.78, 5) is 12.0. The summed E-state index contributed by atoms with van der Waals surface area (Å²) < 4.78 is 10.9. The fourth-order valence-corrected chi connectivity index (χ4v) is 1.96. The van der Waals surface area contributed by atoms with Crippen molar-refractivity contribution in [2.45, 2.75) is 13.0 Å². The molecule has 6 heteroatoms. The zero-order chi connectivity index (χ0) is 18.1. The van der Waals surface area contributed by atoms with Crippen LogP contribution in [-0.4, -0.2) is 24.8 Å². The topological polar surface area (TPSA) is 59.9 Å². The molecule has 2 aromatic rings. The normalized spacial score (nSPS) is 11.8. The van der Waals surface area contributed by atoms with Gasteiger partial charge in [-0.2, -0.15) is 5.10 Å². The Morgan fingerprint density at radius 2 is 1.84 bits per heavy atom. The number of nitrogens with zero attached hydrogens (tertiary/aromatic N) is 1. The molecule has 0 fully saturated rings. The van der Waals surface area contributed by atoms with Crippen LogP contribution in [0.3, 0.4) is 0 Å². The van der Waals surface area contributed by atoms with Gasteiger partial charge in [-0.3, -0.25) is 4.79 Å². The molecule has 1 N–H and O–H groups in total. The van der Waals surface area contributed by atoms with Gasteiger partial charge in [-0.1, -0.05) is 24.3 Å². The lowest BCUT2D eigenvalue weighted by molar-refractivity contribution is -0.127. The molecule has 0 bridgehead atoms. The number of hydrazone groups is 1. The first-order chi connectivity index (χ1) is 12.1. The Balaban J connectivity index is 1.82. The second-order valence-corrected chi connectivity index (χ2v) is 5.55. The summed E-state index contributed by atoms with van der Waals surface area (Å²) in [5, 5.41) is 4.53. The zero-order valence-corrected chi connectivity index (χ0v) is 14.6. The maximum atomic E-state index is 12.0. The number of hydrogen-bond acceptors (Lipinski definition) is 4. The molecule has 0 aliphatic rings. The molecule has 0 saturated carbocycles. The Bertz CT molecular complexity index is 727. The fourth-order valence-electron chi connectivity index (χ4n) is 1.84. The molecule has 130 valence electrons. The van der Waals surface area contributed by atoms with E-state index in [1.54, 1.807) is 43.5 Å². The number of amides is 1. The van der Waals surface area contributed by atoms with Crippen molar-refractivity contribution in [3.8, 4) is 11.5 Å². The van der Waals surface area contributed by atoms with Crippen molar-refractivity contribution in [2.75, 3.05) is 6.61 Å². The molecule has 1 amide bonds. The van der Waals surface area contributed by atoms with E-state index in [1.807, 2.05) is 24.3 Å². The first kappa shape index (κ1) is 18.5. The first-order valence-electron chi connectivity index (χ1n) is 7.67. The first-order valence-corrected chi connectivity index (χ1v) is 8.05. The Morgan fingerprint density at radius 1 is 1.20 bits per heavy atom. The van der Waals surface area contributed by atoms with Crippen LogP contribution in [0.5, 0.6) is 11.5 Å². The van der Waals surface area contributed by atoms with Crippen LogP contribution < -0.4 is 14.9 Å². The molecule has 0 aliphatic carbocycles. The van der Waals surface area contributed by atoms with Crippen molar-refractivity contribution < 1.29 is 14.3 Å². The smallest absolute Gasteiger partial charge is 0.280 e. The van der Waals surface area contributed by atoms with Crippen LogP contribution in [-0.2, 0) is 4.79 Å². The van der Waals surface area contributed by atoms with E-state index < -0.39 is 6.10 Å². The van der Waals surface area contributed by atoms with Crippen LogP contribution in [0, 0.1) is 0 Å². The van der Waals surface area contributed by atoms with Gasteiger partial charge >= 0.3 is 0 Å². The monoisotopic (exact) mass is 358 g/mol. The van der Waals surface area contributed by atoms with Gasteiger partial charge in [0.1, 0.15) is 18.1 Å². The standard InChI is InChI=1S/C19H19ClN2O3/c1-3-12-24-17-8-4-15(5-9-17)13-21-22-19(23)14(2)25-18-10-6-16(20)7-11-18/h3-11,13-14H,1,12H2,2H3,(H,22,23)/b21-13+. The van der Waals surface area contributed by atoms with Crippen LogP contribution in [0.2, 0.25) is 5.02 Å². The highest BCUT2D eigenvalue weighted by Gasteiger charge is 2.13. The second-order valence-electron chi connectivity index (χ2n) is 5.12. The van der Waals surface area contributed by atoms with Gasteiger partial charge in [0.05, 0.1) is 6.21 Å². The van der Waals surface area contributed by atoms with E-state index in [0.29, 0.717) is 17.4 Å². The molecule has 1 unspecified atom stereocenters. The van der Waals surface area contributed by atoms with Crippen LogP contribution in [0.15, 0.2) is 66.3 Å². The zero-order valence-electron chi connectivity index (χ0n) is 13.8. The molecule has 0 radical (unpaired) electrons. The minimum absolute atomic E-state index is 0.350. The molecule has 25 heavy (non-hydrogen) atoms. The van der Waals surface area contributed by atoms with Crippen LogP contribution in [0.4, 0.5) is 0 Å². The van der Waals surface area contributed by atoms with Crippen LogP contribution in [0.1, 0.15) is 12.5 Å². The van der Waals surface area contributed by atoms with E-state index in [0.717, 1.165) is 11.3 Å². The molecule has 5 nitrogen and oxygen atoms in total. The van der Waals surface area contributed by atoms with Crippen molar-refractivity contribution in [2.24, 2.45) is 5.10 Å². The minimum atomic E-state index is -0.687. The van der Waals surface area contributed by atoms with Gasteiger partial charge < -0.3 is 9.47 Å². The fraction of sp³-hybridized carbons (Fsp3) is 0.158. The van der Waals surface area contributed by atoms with E-state index in [1.165, 1.54) is 0 Å². The largest absolute Gasteiger partial charge is 0.490 e. The number of carbonyl (C=O) groups excluding carboxylic acids is 1. The third-order valence-electron chi connectivity index (χ3n) is 3.13. The van der Waals surface area contributed by atoms with E-state index in [4.69, 9.17) is 21.1 Å².